The number of ether oxygens (including phenoxy) is 3. The van der Waals surface area contributed by atoms with Gasteiger partial charge in [-0.15, -0.1) is 0 Å². The van der Waals surface area contributed by atoms with Gasteiger partial charge in [-0.25, -0.2) is 0 Å². The van der Waals surface area contributed by atoms with E-state index in [2.05, 4.69) is 10.3 Å². The first-order valence-corrected chi connectivity index (χ1v) is 9.97. The summed E-state index contributed by atoms with van der Waals surface area (Å²) in [7, 11) is 4.97. The Balaban J connectivity index is 2.13. The Morgan fingerprint density at radius 1 is 1.38 bits per heavy atom. The number of rotatable bonds is 8. The Hall–Kier alpha value is -1.34. The second-order valence-corrected chi connectivity index (χ2v) is 7.68. The maximum Gasteiger partial charge on any atom is 0.244 e. The summed E-state index contributed by atoms with van der Waals surface area (Å²) in [6, 6.07) is -1.48. The number of aliphatic imine (C=N–C) groups is 1. The van der Waals surface area contributed by atoms with Crippen molar-refractivity contribution >= 4 is 12.2 Å². The van der Waals surface area contributed by atoms with Gasteiger partial charge < -0.3 is 46.7 Å². The van der Waals surface area contributed by atoms with Crippen molar-refractivity contribution < 1.29 is 24.1 Å². The molecule has 2 fully saturated rings. The minimum Gasteiger partial charge on any atom is -0.390 e. The number of likely N-dealkylation sites (N-methyl/N-ethyl adjacent to an activating group) is 2. The summed E-state index contributed by atoms with van der Waals surface area (Å²) in [4.78, 5) is 17.6. The maximum atomic E-state index is 12.4. The Kier molecular flexibility index (Phi) is 9.21. The van der Waals surface area contributed by atoms with Crippen LogP contribution < -0.4 is 22.5 Å². The first-order valence-electron chi connectivity index (χ1n) is 9.97. The van der Waals surface area contributed by atoms with Crippen molar-refractivity contribution in [3.8, 4) is 0 Å². The van der Waals surface area contributed by atoms with Gasteiger partial charge in [-0.1, -0.05) is 0 Å². The largest absolute Gasteiger partial charge is 0.390 e. The van der Waals surface area contributed by atoms with Gasteiger partial charge in [0, 0.05) is 26.7 Å². The molecule has 0 spiro atoms. The van der Waals surface area contributed by atoms with Crippen LogP contribution in [0.5, 0.6) is 0 Å². The van der Waals surface area contributed by atoms with Crippen LogP contribution in [-0.4, -0.2) is 105 Å². The van der Waals surface area contributed by atoms with Crippen molar-refractivity contribution in [3.63, 3.8) is 0 Å². The van der Waals surface area contributed by atoms with E-state index < -0.39 is 36.7 Å². The molecule has 0 bridgehead atoms. The predicted octanol–water partition coefficient (Wildman–Crippen LogP) is -2.66. The van der Waals surface area contributed by atoms with E-state index in [9.17, 15) is 9.90 Å². The lowest BCUT2D eigenvalue weighted by Gasteiger charge is -2.48. The SMILES string of the molecule is CNCC1CCC(N)C(OC2C(N)CC(OC)C(N(C)C(=O)CN=CN)C2O)O1. The van der Waals surface area contributed by atoms with Gasteiger partial charge in [0.15, 0.2) is 6.29 Å². The van der Waals surface area contributed by atoms with Crippen molar-refractivity contribution in [3.05, 3.63) is 0 Å². The second-order valence-electron chi connectivity index (χ2n) is 7.68. The molecular weight excluding hydrogens is 380 g/mol. The fraction of sp³-hybridized carbons (Fsp3) is 0.889. The van der Waals surface area contributed by atoms with Gasteiger partial charge in [-0.05, 0) is 26.3 Å². The van der Waals surface area contributed by atoms with E-state index in [0.717, 1.165) is 19.2 Å². The van der Waals surface area contributed by atoms with Crippen LogP contribution in [0.2, 0.25) is 0 Å². The summed E-state index contributed by atoms with van der Waals surface area (Å²) in [5.74, 6) is -0.299. The predicted molar refractivity (Wildman–Crippen MR) is 108 cm³/mol. The fourth-order valence-electron chi connectivity index (χ4n) is 4.05. The first kappa shape index (κ1) is 23.9. The van der Waals surface area contributed by atoms with Gasteiger partial charge in [0.25, 0.3) is 0 Å². The number of nitrogens with two attached hydrogens (primary N) is 3. The van der Waals surface area contributed by atoms with E-state index >= 15 is 0 Å². The first-order chi connectivity index (χ1) is 13.8. The van der Waals surface area contributed by atoms with Crippen molar-refractivity contribution in [1.82, 2.24) is 10.2 Å². The summed E-state index contributed by atoms with van der Waals surface area (Å²) in [6.45, 7) is 0.561. The zero-order valence-electron chi connectivity index (χ0n) is 17.4. The van der Waals surface area contributed by atoms with Crippen LogP contribution in [0, 0.1) is 0 Å². The van der Waals surface area contributed by atoms with Crippen molar-refractivity contribution in [1.29, 1.82) is 0 Å². The Morgan fingerprint density at radius 3 is 2.72 bits per heavy atom. The topological polar surface area (TPSA) is 171 Å². The molecule has 1 aliphatic carbocycles. The Morgan fingerprint density at radius 2 is 2.10 bits per heavy atom. The number of nitrogens with one attached hydrogen (secondary N) is 1. The molecular formula is C18H36N6O5. The highest BCUT2D eigenvalue weighted by atomic mass is 16.7. The monoisotopic (exact) mass is 416 g/mol. The zero-order valence-corrected chi connectivity index (χ0v) is 17.4. The standard InChI is InChI=1S/C18H36N6O5/c1-22-7-10-4-5-11(20)18(28-10)29-17-12(21)6-13(27-3)15(16(17)26)24(2)14(25)8-23-9-19/h9-13,15-18,22,26H,4-8,20-21H2,1-3H3,(H2,19,23). The molecule has 0 aromatic rings. The van der Waals surface area contributed by atoms with Crippen molar-refractivity contribution in [2.75, 3.05) is 34.3 Å². The number of methoxy groups -OCH3 is 1. The van der Waals surface area contributed by atoms with Gasteiger partial charge in [0.2, 0.25) is 5.91 Å². The summed E-state index contributed by atoms with van der Waals surface area (Å²) in [5, 5.41) is 14.2. The average Bonchev–Trinajstić information content (AvgIpc) is 2.70. The molecule has 1 amide bonds. The van der Waals surface area contributed by atoms with E-state index in [4.69, 9.17) is 31.4 Å². The molecule has 29 heavy (non-hydrogen) atoms. The Labute approximate surface area is 171 Å². The molecule has 8 N–H and O–H groups in total. The second kappa shape index (κ2) is 11.2. The number of aliphatic hydroxyl groups is 1. The Bertz CT molecular complexity index is 553. The average molecular weight is 417 g/mol. The molecule has 11 heteroatoms. The molecule has 0 radical (unpaired) electrons. The number of aliphatic hydroxyl groups excluding tert-OH is 1. The molecule has 1 aliphatic heterocycles. The molecule has 0 aromatic carbocycles. The van der Waals surface area contributed by atoms with Crippen LogP contribution in [0.1, 0.15) is 19.3 Å². The lowest BCUT2D eigenvalue weighted by Crippen LogP contribution is -2.66. The van der Waals surface area contributed by atoms with E-state index in [1.54, 1.807) is 7.05 Å². The molecule has 0 aromatic heterocycles. The van der Waals surface area contributed by atoms with E-state index in [1.807, 2.05) is 7.05 Å². The molecule has 1 saturated carbocycles. The number of amides is 1. The fourth-order valence-corrected chi connectivity index (χ4v) is 4.05. The van der Waals surface area contributed by atoms with Crippen LogP contribution in [0.15, 0.2) is 4.99 Å². The smallest absolute Gasteiger partial charge is 0.244 e. The van der Waals surface area contributed by atoms with E-state index in [1.165, 1.54) is 12.0 Å². The molecule has 168 valence electrons. The van der Waals surface area contributed by atoms with Gasteiger partial charge in [-0.2, -0.15) is 0 Å². The van der Waals surface area contributed by atoms with Crippen LogP contribution >= 0.6 is 0 Å². The third kappa shape index (κ3) is 5.85. The number of carbonyl (C=O) groups is 1. The number of nitrogens with zero attached hydrogens (tertiary/aromatic N) is 2. The van der Waals surface area contributed by atoms with E-state index in [0.29, 0.717) is 13.0 Å². The number of hydrogen-bond acceptors (Lipinski definition) is 9. The van der Waals surface area contributed by atoms with Gasteiger partial charge in [0.1, 0.15) is 18.8 Å². The molecule has 2 aliphatic rings. The highest BCUT2D eigenvalue weighted by Gasteiger charge is 2.48. The molecule has 2 rings (SSSR count). The van der Waals surface area contributed by atoms with E-state index in [-0.39, 0.29) is 24.6 Å². The van der Waals surface area contributed by atoms with Gasteiger partial charge in [-0.3, -0.25) is 9.79 Å². The van der Waals surface area contributed by atoms with Crippen LogP contribution in [0.25, 0.3) is 0 Å². The molecule has 1 saturated heterocycles. The summed E-state index contributed by atoms with van der Waals surface area (Å²) in [6.07, 6.45) is 0.0454. The summed E-state index contributed by atoms with van der Waals surface area (Å²) < 4.78 is 17.6. The molecule has 1 heterocycles. The van der Waals surface area contributed by atoms with Crippen molar-refractivity contribution in [2.45, 2.75) is 68.1 Å². The molecule has 11 nitrogen and oxygen atoms in total. The summed E-state index contributed by atoms with van der Waals surface area (Å²) in [5.41, 5.74) is 17.7. The highest BCUT2D eigenvalue weighted by Crippen LogP contribution is 2.30. The van der Waals surface area contributed by atoms with Crippen molar-refractivity contribution in [2.24, 2.45) is 22.2 Å². The number of hydrogen-bond donors (Lipinski definition) is 5. The minimum atomic E-state index is -1.08. The number of carbonyl (C=O) groups excluding carboxylic acids is 1. The lowest BCUT2D eigenvalue weighted by atomic mass is 9.83. The molecule has 8 atom stereocenters. The quantitative estimate of drug-likeness (QED) is 0.209. The van der Waals surface area contributed by atoms with Gasteiger partial charge >= 0.3 is 0 Å². The highest BCUT2D eigenvalue weighted by molar-refractivity contribution is 5.79. The maximum absolute atomic E-state index is 12.4. The third-order valence-electron chi connectivity index (χ3n) is 5.69. The minimum absolute atomic E-state index is 0.0253. The van der Waals surface area contributed by atoms with Crippen LogP contribution in [0.3, 0.4) is 0 Å². The molecule has 8 unspecified atom stereocenters. The van der Waals surface area contributed by atoms with Gasteiger partial charge in [0.05, 0.1) is 30.6 Å². The van der Waals surface area contributed by atoms with Crippen LogP contribution in [-0.2, 0) is 19.0 Å². The zero-order chi connectivity index (χ0) is 21.6. The van der Waals surface area contributed by atoms with Crippen LogP contribution in [0.4, 0.5) is 0 Å². The third-order valence-corrected chi connectivity index (χ3v) is 5.69. The summed E-state index contributed by atoms with van der Waals surface area (Å²) >= 11 is 0. The lowest BCUT2D eigenvalue weighted by molar-refractivity contribution is -0.254. The normalized spacial score (nSPS) is 38.3.